The van der Waals surface area contributed by atoms with E-state index in [1.165, 1.54) is 70.6 Å². The van der Waals surface area contributed by atoms with E-state index in [9.17, 15) is 19.0 Å². The van der Waals surface area contributed by atoms with Crippen molar-refractivity contribution in [3.8, 4) is 0 Å². The molecule has 0 aliphatic heterocycles. The molecule has 2 atom stereocenters. The normalized spacial score (nSPS) is 14.1. The van der Waals surface area contributed by atoms with E-state index < -0.39 is 32.5 Å². The number of phosphoric acid groups is 1. The summed E-state index contributed by atoms with van der Waals surface area (Å²) in [6, 6.07) is 0. The van der Waals surface area contributed by atoms with Crippen LogP contribution >= 0.6 is 7.82 Å². The predicted octanol–water partition coefficient (Wildman–Crippen LogP) is 13.9. The number of rotatable bonds is 39. The minimum Gasteiger partial charge on any atom is -0.462 e. The fraction of sp³-hybridized carbons (Fsp3) is 0.660. The van der Waals surface area contributed by atoms with Gasteiger partial charge in [0, 0.05) is 6.42 Å². The van der Waals surface area contributed by atoms with Crippen LogP contribution in [0.15, 0.2) is 85.1 Å². The Morgan fingerprint density at radius 3 is 1.46 bits per heavy atom. The number of phosphoric ester groups is 1. The lowest BCUT2D eigenvalue weighted by atomic mass is 10.1. The summed E-state index contributed by atoms with van der Waals surface area (Å²) in [7, 11) is -4.31. The summed E-state index contributed by atoms with van der Waals surface area (Å²) in [6.07, 6.45) is 53.8. The zero-order valence-corrected chi connectivity index (χ0v) is 36.4. The fourth-order valence-corrected chi connectivity index (χ4v) is 6.31. The molecule has 2 unspecified atom stereocenters. The summed E-state index contributed by atoms with van der Waals surface area (Å²) >= 11 is 0. The standard InChI is InChI=1S/C47H79O8P/c1-4-7-9-11-13-15-17-19-21-22-23-24-25-26-28-29-31-33-35-37-39-41-46(48)52-43-45(44-54-56(50,51)53-6-3)55-47(49)42-40-38-36-34-32-30-27-20-18-16-14-12-10-8-5-2/h8,10,14,16-17,19-20,22-23,27,32,34,38,40,45H,4-7,9,11-13,15,18,21,24-26,28-31,33,35-37,39,41-44H2,1-3H3,(H,50,51)/b10-8-,16-14-,19-17-,23-22-,27-20-,34-32-,40-38-. The average molecular weight is 803 g/mol. The van der Waals surface area contributed by atoms with Crippen molar-refractivity contribution in [2.75, 3.05) is 19.8 Å². The molecular formula is C47H79O8P. The molecule has 0 aromatic carbocycles. The van der Waals surface area contributed by atoms with Gasteiger partial charge in [0.25, 0.3) is 0 Å². The Hall–Kier alpha value is -2.77. The Bertz CT molecular complexity index is 1180. The van der Waals surface area contributed by atoms with Crippen LogP contribution in [0.1, 0.15) is 175 Å². The van der Waals surface area contributed by atoms with Gasteiger partial charge in [0.05, 0.1) is 19.6 Å². The topological polar surface area (TPSA) is 108 Å². The van der Waals surface area contributed by atoms with E-state index in [0.29, 0.717) is 6.42 Å². The summed E-state index contributed by atoms with van der Waals surface area (Å²) in [5.41, 5.74) is 0. The molecular weight excluding hydrogens is 723 g/mol. The third kappa shape index (κ3) is 40.9. The number of unbranched alkanes of at least 4 members (excludes halogenated alkanes) is 14. The van der Waals surface area contributed by atoms with Gasteiger partial charge in [-0.15, -0.1) is 0 Å². The van der Waals surface area contributed by atoms with E-state index in [1.54, 1.807) is 13.0 Å². The van der Waals surface area contributed by atoms with Crippen LogP contribution in [0.25, 0.3) is 0 Å². The van der Waals surface area contributed by atoms with Gasteiger partial charge in [-0.1, -0.05) is 170 Å². The van der Waals surface area contributed by atoms with Crippen LogP contribution < -0.4 is 0 Å². The quantitative estimate of drug-likeness (QED) is 0.0283. The van der Waals surface area contributed by atoms with E-state index >= 15 is 0 Å². The van der Waals surface area contributed by atoms with Crippen molar-refractivity contribution in [2.45, 2.75) is 181 Å². The molecule has 0 aliphatic carbocycles. The van der Waals surface area contributed by atoms with E-state index in [2.05, 4.69) is 80.7 Å². The molecule has 0 rings (SSSR count). The molecule has 1 N–H and O–H groups in total. The lowest BCUT2D eigenvalue weighted by Gasteiger charge is -2.19. The number of carbonyl (C=O) groups is 2. The highest BCUT2D eigenvalue weighted by atomic mass is 31.2. The van der Waals surface area contributed by atoms with Gasteiger partial charge in [-0.3, -0.25) is 18.6 Å². The zero-order chi connectivity index (χ0) is 41.1. The smallest absolute Gasteiger partial charge is 0.462 e. The molecule has 0 aromatic heterocycles. The Morgan fingerprint density at radius 1 is 0.518 bits per heavy atom. The average Bonchev–Trinajstić information content (AvgIpc) is 3.18. The molecule has 320 valence electrons. The van der Waals surface area contributed by atoms with Crippen molar-refractivity contribution < 1.29 is 37.6 Å². The first kappa shape index (κ1) is 53.2. The van der Waals surface area contributed by atoms with Gasteiger partial charge in [0.15, 0.2) is 6.10 Å². The van der Waals surface area contributed by atoms with Crippen LogP contribution in [0.3, 0.4) is 0 Å². The van der Waals surface area contributed by atoms with Crippen molar-refractivity contribution in [2.24, 2.45) is 0 Å². The monoisotopic (exact) mass is 803 g/mol. The van der Waals surface area contributed by atoms with E-state index in [4.69, 9.17) is 18.5 Å². The SMILES string of the molecule is CC/C=C\C/C=C\C/C=C\C/C=C\C/C=C\CC(=O)OC(COC(=O)CCCCCCCCCCC/C=C\C/C=C\CCCCCCC)COP(=O)(O)OCC. The summed E-state index contributed by atoms with van der Waals surface area (Å²) in [6.45, 7) is 5.22. The van der Waals surface area contributed by atoms with Gasteiger partial charge in [-0.05, 0) is 77.6 Å². The minimum atomic E-state index is -4.31. The van der Waals surface area contributed by atoms with Gasteiger partial charge in [0.2, 0.25) is 0 Å². The Balaban J connectivity index is 4.17. The molecule has 0 aromatic rings. The van der Waals surface area contributed by atoms with Gasteiger partial charge in [-0.2, -0.15) is 0 Å². The predicted molar refractivity (Wildman–Crippen MR) is 234 cm³/mol. The van der Waals surface area contributed by atoms with Crippen LogP contribution in [-0.4, -0.2) is 42.8 Å². The number of hydrogen-bond donors (Lipinski definition) is 1. The number of ether oxygens (including phenoxy) is 2. The van der Waals surface area contributed by atoms with Crippen LogP contribution in [-0.2, 0) is 32.7 Å². The van der Waals surface area contributed by atoms with Gasteiger partial charge in [0.1, 0.15) is 6.61 Å². The van der Waals surface area contributed by atoms with Gasteiger partial charge < -0.3 is 14.4 Å². The van der Waals surface area contributed by atoms with Crippen molar-refractivity contribution >= 4 is 19.8 Å². The summed E-state index contributed by atoms with van der Waals surface area (Å²) in [4.78, 5) is 34.7. The maximum Gasteiger partial charge on any atom is 0.472 e. The number of hydrogen-bond acceptors (Lipinski definition) is 7. The minimum absolute atomic E-state index is 0.00893. The molecule has 0 amide bonds. The van der Waals surface area contributed by atoms with Crippen molar-refractivity contribution in [1.82, 2.24) is 0 Å². The maximum atomic E-state index is 12.5. The van der Waals surface area contributed by atoms with Crippen LogP contribution in [0.4, 0.5) is 0 Å². The van der Waals surface area contributed by atoms with E-state index in [0.717, 1.165) is 64.2 Å². The van der Waals surface area contributed by atoms with Crippen molar-refractivity contribution in [3.63, 3.8) is 0 Å². The number of esters is 2. The molecule has 0 bridgehead atoms. The third-order valence-corrected chi connectivity index (χ3v) is 9.78. The number of carbonyl (C=O) groups excluding carboxylic acids is 2. The Kier molecular flexibility index (Phi) is 39.8. The largest absolute Gasteiger partial charge is 0.472 e. The van der Waals surface area contributed by atoms with Crippen LogP contribution in [0.2, 0.25) is 0 Å². The first-order valence-electron chi connectivity index (χ1n) is 21.9. The molecule has 0 fully saturated rings. The van der Waals surface area contributed by atoms with Gasteiger partial charge >= 0.3 is 19.8 Å². The van der Waals surface area contributed by atoms with Crippen LogP contribution in [0, 0.1) is 0 Å². The summed E-state index contributed by atoms with van der Waals surface area (Å²) < 4.78 is 32.5. The van der Waals surface area contributed by atoms with E-state index in [-0.39, 0.29) is 26.1 Å². The molecule has 0 saturated carbocycles. The van der Waals surface area contributed by atoms with Crippen molar-refractivity contribution in [3.05, 3.63) is 85.1 Å². The summed E-state index contributed by atoms with van der Waals surface area (Å²) in [5, 5.41) is 0. The number of allylic oxidation sites excluding steroid dienone is 13. The third-order valence-electron chi connectivity index (χ3n) is 8.72. The molecule has 0 aliphatic rings. The molecule has 0 radical (unpaired) electrons. The van der Waals surface area contributed by atoms with Gasteiger partial charge in [-0.25, -0.2) is 4.57 Å². The van der Waals surface area contributed by atoms with E-state index in [1.807, 2.05) is 12.2 Å². The maximum absolute atomic E-state index is 12.5. The Labute approximate surface area is 342 Å². The molecule has 0 heterocycles. The molecule has 8 nitrogen and oxygen atoms in total. The first-order chi connectivity index (χ1) is 27.3. The summed E-state index contributed by atoms with van der Waals surface area (Å²) in [5.74, 6) is -0.956. The second-order valence-corrected chi connectivity index (χ2v) is 15.4. The highest BCUT2D eigenvalue weighted by Crippen LogP contribution is 2.43. The highest BCUT2D eigenvalue weighted by Gasteiger charge is 2.25. The lowest BCUT2D eigenvalue weighted by Crippen LogP contribution is -2.29. The highest BCUT2D eigenvalue weighted by molar-refractivity contribution is 7.47. The molecule has 9 heteroatoms. The fourth-order valence-electron chi connectivity index (χ4n) is 5.56. The van der Waals surface area contributed by atoms with Crippen LogP contribution in [0.5, 0.6) is 0 Å². The zero-order valence-electron chi connectivity index (χ0n) is 35.5. The first-order valence-corrected chi connectivity index (χ1v) is 23.4. The molecule has 0 spiro atoms. The second-order valence-electron chi connectivity index (χ2n) is 14.0. The van der Waals surface area contributed by atoms with Crippen molar-refractivity contribution in [1.29, 1.82) is 0 Å². The molecule has 56 heavy (non-hydrogen) atoms. The second kappa shape index (κ2) is 41.9. The lowest BCUT2D eigenvalue weighted by molar-refractivity contribution is -0.160. The molecule has 0 saturated heterocycles. The Morgan fingerprint density at radius 2 is 0.964 bits per heavy atom.